The van der Waals surface area contributed by atoms with Gasteiger partial charge in [-0.2, -0.15) is 0 Å². The SMILES string of the molecule is CCC1CC(O)CN1. The molecule has 0 amide bonds. The minimum atomic E-state index is -0.0834. The monoisotopic (exact) mass is 115 g/mol. The second kappa shape index (κ2) is 2.46. The Balaban J connectivity index is 2.22. The largest absolute Gasteiger partial charge is 0.392 e. The lowest BCUT2D eigenvalue weighted by Crippen LogP contribution is -2.19. The van der Waals surface area contributed by atoms with E-state index in [2.05, 4.69) is 12.2 Å². The highest BCUT2D eigenvalue weighted by Crippen LogP contribution is 2.07. The highest BCUT2D eigenvalue weighted by atomic mass is 16.3. The number of hydrogen-bond donors (Lipinski definition) is 2. The maximum atomic E-state index is 8.97. The minimum absolute atomic E-state index is 0.0834. The number of aliphatic hydroxyl groups is 1. The fourth-order valence-electron chi connectivity index (χ4n) is 1.11. The molecule has 2 atom stereocenters. The maximum Gasteiger partial charge on any atom is 0.0679 e. The van der Waals surface area contributed by atoms with Crippen LogP contribution in [0, 0.1) is 0 Å². The summed E-state index contributed by atoms with van der Waals surface area (Å²) in [5, 5.41) is 12.2. The van der Waals surface area contributed by atoms with Crippen LogP contribution in [0.25, 0.3) is 0 Å². The fraction of sp³-hybridized carbons (Fsp3) is 1.00. The lowest BCUT2D eigenvalue weighted by molar-refractivity contribution is 0.193. The molecule has 2 nitrogen and oxygen atoms in total. The predicted octanol–water partition coefficient (Wildman–Crippen LogP) is 0.119. The van der Waals surface area contributed by atoms with Crippen molar-refractivity contribution in [2.24, 2.45) is 0 Å². The Morgan fingerprint density at radius 1 is 1.75 bits per heavy atom. The maximum absolute atomic E-state index is 8.97. The van der Waals surface area contributed by atoms with Crippen molar-refractivity contribution < 1.29 is 5.11 Å². The van der Waals surface area contributed by atoms with Crippen molar-refractivity contribution in [2.75, 3.05) is 6.54 Å². The second-order valence-electron chi connectivity index (χ2n) is 2.40. The van der Waals surface area contributed by atoms with Crippen molar-refractivity contribution in [2.45, 2.75) is 31.9 Å². The summed E-state index contributed by atoms with van der Waals surface area (Å²) in [6.45, 7) is 2.92. The molecule has 8 heavy (non-hydrogen) atoms. The lowest BCUT2D eigenvalue weighted by atomic mass is 10.2. The number of hydrogen-bond acceptors (Lipinski definition) is 2. The summed E-state index contributed by atoms with van der Waals surface area (Å²) in [4.78, 5) is 0. The van der Waals surface area contributed by atoms with Gasteiger partial charge < -0.3 is 10.4 Å². The van der Waals surface area contributed by atoms with E-state index >= 15 is 0 Å². The smallest absolute Gasteiger partial charge is 0.0679 e. The van der Waals surface area contributed by atoms with Crippen molar-refractivity contribution in [1.29, 1.82) is 0 Å². The Morgan fingerprint density at radius 3 is 2.75 bits per heavy atom. The van der Waals surface area contributed by atoms with E-state index in [4.69, 9.17) is 5.11 Å². The first kappa shape index (κ1) is 6.05. The average molecular weight is 115 g/mol. The quantitative estimate of drug-likeness (QED) is 0.508. The third-order valence-electron chi connectivity index (χ3n) is 1.69. The number of rotatable bonds is 1. The van der Waals surface area contributed by atoms with Gasteiger partial charge >= 0.3 is 0 Å². The third kappa shape index (κ3) is 1.20. The van der Waals surface area contributed by atoms with Crippen molar-refractivity contribution in [3.63, 3.8) is 0 Å². The first-order chi connectivity index (χ1) is 3.83. The first-order valence-electron chi connectivity index (χ1n) is 3.24. The van der Waals surface area contributed by atoms with Crippen LogP contribution in [-0.4, -0.2) is 23.8 Å². The molecule has 0 bridgehead atoms. The summed E-state index contributed by atoms with van der Waals surface area (Å²) in [6.07, 6.45) is 1.99. The van der Waals surface area contributed by atoms with Gasteiger partial charge in [0.15, 0.2) is 0 Å². The molecular formula is C6H13NO. The van der Waals surface area contributed by atoms with E-state index in [-0.39, 0.29) is 6.10 Å². The summed E-state index contributed by atoms with van der Waals surface area (Å²) in [5.41, 5.74) is 0. The molecule has 1 heterocycles. The van der Waals surface area contributed by atoms with Gasteiger partial charge in [0, 0.05) is 12.6 Å². The predicted molar refractivity (Wildman–Crippen MR) is 32.7 cm³/mol. The van der Waals surface area contributed by atoms with Crippen molar-refractivity contribution in [1.82, 2.24) is 5.32 Å². The molecule has 1 aliphatic heterocycles. The Kier molecular flexibility index (Phi) is 1.86. The highest BCUT2D eigenvalue weighted by molar-refractivity contribution is 4.79. The molecule has 0 spiro atoms. The number of β-amino-alcohol motifs (C(OH)–C–C–N with tert-alkyl or cyclic N) is 1. The van der Waals surface area contributed by atoms with E-state index in [1.165, 1.54) is 0 Å². The lowest BCUT2D eigenvalue weighted by Gasteiger charge is -2.02. The van der Waals surface area contributed by atoms with Crippen LogP contribution < -0.4 is 5.32 Å². The molecule has 0 aliphatic carbocycles. The van der Waals surface area contributed by atoms with Gasteiger partial charge in [-0.25, -0.2) is 0 Å². The molecular weight excluding hydrogens is 102 g/mol. The molecule has 1 rings (SSSR count). The van der Waals surface area contributed by atoms with Gasteiger partial charge in [0.25, 0.3) is 0 Å². The normalized spacial score (nSPS) is 38.2. The average Bonchev–Trinajstić information content (AvgIpc) is 2.14. The molecule has 48 valence electrons. The molecule has 1 saturated heterocycles. The molecule has 0 aromatic heterocycles. The zero-order valence-corrected chi connectivity index (χ0v) is 5.22. The Labute approximate surface area is 49.9 Å². The topological polar surface area (TPSA) is 32.3 Å². The van der Waals surface area contributed by atoms with E-state index in [1.807, 2.05) is 0 Å². The van der Waals surface area contributed by atoms with Crippen LogP contribution in [0.3, 0.4) is 0 Å². The van der Waals surface area contributed by atoms with E-state index in [0.717, 1.165) is 19.4 Å². The van der Waals surface area contributed by atoms with Crippen molar-refractivity contribution in [3.8, 4) is 0 Å². The molecule has 1 fully saturated rings. The molecule has 1 aliphatic rings. The zero-order valence-electron chi connectivity index (χ0n) is 5.22. The van der Waals surface area contributed by atoms with Gasteiger partial charge in [0.05, 0.1) is 6.10 Å². The zero-order chi connectivity index (χ0) is 5.98. The molecule has 0 aromatic rings. The van der Waals surface area contributed by atoms with E-state index < -0.39 is 0 Å². The van der Waals surface area contributed by atoms with Crippen LogP contribution in [-0.2, 0) is 0 Å². The Bertz CT molecular complexity index is 74.9. The molecule has 0 radical (unpaired) electrons. The van der Waals surface area contributed by atoms with E-state index in [1.54, 1.807) is 0 Å². The van der Waals surface area contributed by atoms with Crippen LogP contribution in [0.15, 0.2) is 0 Å². The minimum Gasteiger partial charge on any atom is -0.392 e. The number of nitrogens with one attached hydrogen (secondary N) is 1. The Morgan fingerprint density at radius 2 is 2.50 bits per heavy atom. The van der Waals surface area contributed by atoms with Gasteiger partial charge in [-0.05, 0) is 12.8 Å². The summed E-state index contributed by atoms with van der Waals surface area (Å²) in [5.74, 6) is 0. The van der Waals surface area contributed by atoms with Crippen LogP contribution in [0.5, 0.6) is 0 Å². The third-order valence-corrected chi connectivity index (χ3v) is 1.69. The van der Waals surface area contributed by atoms with Gasteiger partial charge in [0.2, 0.25) is 0 Å². The molecule has 2 heteroatoms. The second-order valence-corrected chi connectivity index (χ2v) is 2.40. The van der Waals surface area contributed by atoms with Crippen LogP contribution in [0.1, 0.15) is 19.8 Å². The number of aliphatic hydroxyl groups excluding tert-OH is 1. The standard InChI is InChI=1S/C6H13NO/c1-2-5-3-6(8)4-7-5/h5-8H,2-4H2,1H3. The Hall–Kier alpha value is -0.0800. The molecule has 2 unspecified atom stereocenters. The summed E-state index contributed by atoms with van der Waals surface area (Å²) in [7, 11) is 0. The van der Waals surface area contributed by atoms with Gasteiger partial charge in [-0.3, -0.25) is 0 Å². The van der Waals surface area contributed by atoms with Crippen LogP contribution in [0.2, 0.25) is 0 Å². The summed E-state index contributed by atoms with van der Waals surface area (Å²) in [6, 6.07) is 0.574. The van der Waals surface area contributed by atoms with Gasteiger partial charge in [0.1, 0.15) is 0 Å². The first-order valence-corrected chi connectivity index (χ1v) is 3.24. The molecule has 0 aromatic carbocycles. The van der Waals surface area contributed by atoms with Crippen LogP contribution in [0.4, 0.5) is 0 Å². The molecule has 2 N–H and O–H groups in total. The van der Waals surface area contributed by atoms with E-state index in [0.29, 0.717) is 6.04 Å². The van der Waals surface area contributed by atoms with Gasteiger partial charge in [-0.15, -0.1) is 0 Å². The summed E-state index contributed by atoms with van der Waals surface area (Å²) >= 11 is 0. The summed E-state index contributed by atoms with van der Waals surface area (Å²) < 4.78 is 0. The highest BCUT2D eigenvalue weighted by Gasteiger charge is 2.19. The van der Waals surface area contributed by atoms with E-state index in [9.17, 15) is 0 Å². The van der Waals surface area contributed by atoms with Crippen molar-refractivity contribution >= 4 is 0 Å². The fourth-order valence-corrected chi connectivity index (χ4v) is 1.11. The van der Waals surface area contributed by atoms with Crippen LogP contribution >= 0.6 is 0 Å². The van der Waals surface area contributed by atoms with Crippen molar-refractivity contribution in [3.05, 3.63) is 0 Å². The van der Waals surface area contributed by atoms with Gasteiger partial charge in [-0.1, -0.05) is 6.92 Å². The molecule has 0 saturated carbocycles.